The summed E-state index contributed by atoms with van der Waals surface area (Å²) in [5.74, 6) is -3.59. The van der Waals surface area contributed by atoms with Crippen LogP contribution in [0.25, 0.3) is 0 Å². The summed E-state index contributed by atoms with van der Waals surface area (Å²) in [6.45, 7) is 3.38. The summed E-state index contributed by atoms with van der Waals surface area (Å²) in [5.41, 5.74) is 7.95. The Morgan fingerprint density at radius 3 is 1.83 bits per heavy atom. The van der Waals surface area contributed by atoms with Crippen molar-refractivity contribution in [1.29, 1.82) is 0 Å². The number of phenolic OH excluding ortho intramolecular Hbond substituents is 2. The lowest BCUT2D eigenvalue weighted by molar-refractivity contribution is -0.142. The average Bonchev–Trinajstić information content (AvgIpc) is 3.46. The zero-order chi connectivity index (χ0) is 30.8. The van der Waals surface area contributed by atoms with Gasteiger partial charge in [-0.3, -0.25) is 14.4 Å². The van der Waals surface area contributed by atoms with Gasteiger partial charge in [0.25, 0.3) is 0 Å². The van der Waals surface area contributed by atoms with Gasteiger partial charge in [0.1, 0.15) is 29.6 Å². The summed E-state index contributed by atoms with van der Waals surface area (Å²) in [6, 6.07) is 7.72. The lowest BCUT2D eigenvalue weighted by Gasteiger charge is -2.27. The first-order valence-electron chi connectivity index (χ1n) is 13.4. The van der Waals surface area contributed by atoms with Crippen LogP contribution in [0, 0.1) is 5.92 Å². The fourth-order valence-corrected chi connectivity index (χ4v) is 4.20. The zero-order valence-electron chi connectivity index (χ0n) is 23.3. The number of amides is 3. The molecule has 0 aliphatic carbocycles. The molecule has 0 fully saturated rings. The molecule has 1 heterocycles. The van der Waals surface area contributed by atoms with Crippen LogP contribution in [0.4, 0.5) is 0 Å². The van der Waals surface area contributed by atoms with E-state index in [1.807, 2.05) is 0 Å². The second-order valence-corrected chi connectivity index (χ2v) is 10.3. The maximum absolute atomic E-state index is 13.5. The van der Waals surface area contributed by atoms with Crippen LogP contribution in [0.15, 0.2) is 61.1 Å². The van der Waals surface area contributed by atoms with E-state index < -0.39 is 53.8 Å². The van der Waals surface area contributed by atoms with Gasteiger partial charge in [-0.2, -0.15) is 0 Å². The van der Waals surface area contributed by atoms with Crippen molar-refractivity contribution in [3.8, 4) is 11.5 Å². The van der Waals surface area contributed by atoms with Crippen LogP contribution in [0.3, 0.4) is 0 Å². The smallest absolute Gasteiger partial charge is 0.326 e. The SMILES string of the molecule is CC(C)C(NC(=O)C(Cc1ccc(O)cc1)NC(=O)C(N)Cc1ccc(O)cc1)C(=O)NC(Cc1cnc[nH]1)C(=O)O. The number of carbonyl (C=O) groups excluding carboxylic acids is 3. The predicted molar refractivity (Wildman–Crippen MR) is 152 cm³/mol. The van der Waals surface area contributed by atoms with Gasteiger partial charge in [0.15, 0.2) is 0 Å². The Balaban J connectivity index is 1.75. The van der Waals surface area contributed by atoms with Gasteiger partial charge in [-0.25, -0.2) is 9.78 Å². The number of benzene rings is 2. The van der Waals surface area contributed by atoms with Crippen LogP contribution >= 0.6 is 0 Å². The van der Waals surface area contributed by atoms with E-state index in [0.717, 1.165) is 0 Å². The van der Waals surface area contributed by atoms with Crippen molar-refractivity contribution < 1.29 is 34.5 Å². The number of phenols is 2. The second kappa shape index (κ2) is 14.6. The van der Waals surface area contributed by atoms with E-state index >= 15 is 0 Å². The monoisotopic (exact) mass is 580 g/mol. The van der Waals surface area contributed by atoms with Gasteiger partial charge in [0, 0.05) is 24.7 Å². The van der Waals surface area contributed by atoms with Crippen molar-refractivity contribution in [3.63, 3.8) is 0 Å². The number of nitrogens with two attached hydrogens (primary N) is 1. The number of imidazole rings is 1. The Bertz CT molecular complexity index is 1340. The number of hydrogen-bond donors (Lipinski definition) is 8. The number of nitrogens with one attached hydrogen (secondary N) is 4. The highest BCUT2D eigenvalue weighted by atomic mass is 16.4. The number of nitrogens with zero attached hydrogens (tertiary/aromatic N) is 1. The van der Waals surface area contributed by atoms with Gasteiger partial charge >= 0.3 is 5.97 Å². The minimum atomic E-state index is -1.28. The number of aromatic amines is 1. The van der Waals surface area contributed by atoms with Crippen LogP contribution in [-0.4, -0.2) is 73.1 Å². The number of aliphatic carboxylic acids is 1. The Hall–Kier alpha value is -4.91. The van der Waals surface area contributed by atoms with E-state index in [-0.39, 0.29) is 30.8 Å². The van der Waals surface area contributed by atoms with Crippen molar-refractivity contribution in [2.45, 2.75) is 57.3 Å². The number of H-pyrrole nitrogens is 1. The van der Waals surface area contributed by atoms with Crippen LogP contribution in [0.2, 0.25) is 0 Å². The quantitative estimate of drug-likeness (QED) is 0.132. The molecule has 13 heteroatoms. The molecular weight excluding hydrogens is 544 g/mol. The molecule has 3 rings (SSSR count). The molecule has 1 aromatic heterocycles. The highest BCUT2D eigenvalue weighted by molar-refractivity contribution is 5.94. The minimum absolute atomic E-state index is 0.0216. The molecule has 3 aromatic rings. The molecule has 0 bridgehead atoms. The van der Waals surface area contributed by atoms with E-state index in [2.05, 4.69) is 25.9 Å². The van der Waals surface area contributed by atoms with Crippen molar-refractivity contribution in [2.24, 2.45) is 11.7 Å². The van der Waals surface area contributed by atoms with Crippen LogP contribution in [0.1, 0.15) is 30.7 Å². The maximum Gasteiger partial charge on any atom is 0.326 e. The highest BCUT2D eigenvalue weighted by Crippen LogP contribution is 2.14. The van der Waals surface area contributed by atoms with Crippen molar-refractivity contribution in [3.05, 3.63) is 77.9 Å². The molecule has 0 aliphatic rings. The number of aromatic nitrogens is 2. The first kappa shape index (κ1) is 31.6. The van der Waals surface area contributed by atoms with Crippen LogP contribution in [-0.2, 0) is 38.4 Å². The highest BCUT2D eigenvalue weighted by Gasteiger charge is 2.32. The third-order valence-corrected chi connectivity index (χ3v) is 6.58. The predicted octanol–water partition coefficient (Wildman–Crippen LogP) is 0.371. The molecule has 0 radical (unpaired) electrons. The summed E-state index contributed by atoms with van der Waals surface area (Å²) in [7, 11) is 0. The molecule has 2 aromatic carbocycles. The Morgan fingerprint density at radius 2 is 1.33 bits per heavy atom. The first-order valence-corrected chi connectivity index (χ1v) is 13.4. The van der Waals surface area contributed by atoms with E-state index in [9.17, 15) is 34.5 Å². The third-order valence-electron chi connectivity index (χ3n) is 6.58. The summed E-state index contributed by atoms with van der Waals surface area (Å²) in [6.07, 6.45) is 2.97. The summed E-state index contributed by atoms with van der Waals surface area (Å²) in [5, 5.41) is 36.5. The molecule has 3 amide bonds. The fourth-order valence-electron chi connectivity index (χ4n) is 4.20. The van der Waals surface area contributed by atoms with Gasteiger partial charge < -0.3 is 42.0 Å². The Morgan fingerprint density at radius 1 is 0.786 bits per heavy atom. The topological polar surface area (TPSA) is 220 Å². The number of rotatable bonds is 14. The number of hydrogen-bond acceptors (Lipinski definition) is 8. The second-order valence-electron chi connectivity index (χ2n) is 10.3. The van der Waals surface area contributed by atoms with Crippen molar-refractivity contribution in [2.75, 3.05) is 0 Å². The molecule has 4 atom stereocenters. The molecule has 0 aliphatic heterocycles. The van der Waals surface area contributed by atoms with Gasteiger partial charge in [0.05, 0.1) is 12.4 Å². The van der Waals surface area contributed by atoms with Gasteiger partial charge in [-0.15, -0.1) is 0 Å². The summed E-state index contributed by atoms with van der Waals surface area (Å²) in [4.78, 5) is 58.2. The van der Waals surface area contributed by atoms with Gasteiger partial charge in [-0.1, -0.05) is 38.1 Å². The first-order chi connectivity index (χ1) is 19.9. The lowest BCUT2D eigenvalue weighted by Crippen LogP contribution is -2.59. The summed E-state index contributed by atoms with van der Waals surface area (Å²) >= 11 is 0. The molecule has 0 saturated heterocycles. The van der Waals surface area contributed by atoms with Gasteiger partial charge in [0.2, 0.25) is 17.7 Å². The van der Waals surface area contributed by atoms with Gasteiger partial charge in [-0.05, 0) is 47.7 Å². The zero-order valence-corrected chi connectivity index (χ0v) is 23.3. The average molecular weight is 581 g/mol. The molecule has 13 nitrogen and oxygen atoms in total. The van der Waals surface area contributed by atoms with Crippen LogP contribution < -0.4 is 21.7 Å². The molecule has 0 spiro atoms. The van der Waals surface area contributed by atoms with E-state index in [1.54, 1.807) is 38.1 Å². The molecule has 0 saturated carbocycles. The third kappa shape index (κ3) is 9.34. The fraction of sp³-hybridized carbons (Fsp3) is 0.345. The minimum Gasteiger partial charge on any atom is -0.508 e. The Kier molecular flexibility index (Phi) is 11.0. The molecule has 9 N–H and O–H groups in total. The number of carboxylic acid groups (broad SMARTS) is 1. The molecule has 42 heavy (non-hydrogen) atoms. The van der Waals surface area contributed by atoms with E-state index in [4.69, 9.17) is 5.73 Å². The van der Waals surface area contributed by atoms with E-state index in [0.29, 0.717) is 16.8 Å². The molecule has 4 unspecified atom stereocenters. The largest absolute Gasteiger partial charge is 0.508 e. The number of carbonyl (C=O) groups is 4. The maximum atomic E-state index is 13.5. The lowest BCUT2D eigenvalue weighted by atomic mass is 9.99. The van der Waals surface area contributed by atoms with Crippen molar-refractivity contribution in [1.82, 2.24) is 25.9 Å². The van der Waals surface area contributed by atoms with E-state index in [1.165, 1.54) is 36.8 Å². The van der Waals surface area contributed by atoms with Crippen LogP contribution in [0.5, 0.6) is 11.5 Å². The number of carboxylic acids is 1. The number of aromatic hydroxyl groups is 2. The standard InChI is InChI=1S/C29H36N6O7/c1-16(2)25(28(40)34-24(29(41)42)13-19-14-31-15-32-19)35-27(39)23(12-18-5-9-21(37)10-6-18)33-26(38)22(30)11-17-3-7-20(36)8-4-17/h3-10,14-16,22-25,36-37H,11-13,30H2,1-2H3,(H,31,32)(H,33,38)(H,34,40)(H,35,39)(H,41,42). The normalized spacial score (nSPS) is 13.9. The van der Waals surface area contributed by atoms with Crippen molar-refractivity contribution >= 4 is 23.7 Å². The molecular formula is C29H36N6O7. The summed E-state index contributed by atoms with van der Waals surface area (Å²) < 4.78 is 0. The molecule has 224 valence electrons. The Labute approximate surface area is 242 Å².